The number of hydrogen-bond acceptors (Lipinski definition) is 4. The maximum absolute atomic E-state index is 13.0. The van der Waals surface area contributed by atoms with Crippen molar-refractivity contribution in [1.29, 1.82) is 0 Å². The van der Waals surface area contributed by atoms with Gasteiger partial charge in [0, 0.05) is 12.7 Å². The van der Waals surface area contributed by atoms with E-state index in [1.807, 2.05) is 60.7 Å². The quantitative estimate of drug-likeness (QED) is 0.550. The highest BCUT2D eigenvalue weighted by atomic mass is 19.1. The van der Waals surface area contributed by atoms with Crippen LogP contribution >= 0.6 is 0 Å². The van der Waals surface area contributed by atoms with Crippen LogP contribution in [-0.4, -0.2) is 42.9 Å². The summed E-state index contributed by atoms with van der Waals surface area (Å²) >= 11 is 0. The zero-order chi connectivity index (χ0) is 22.9. The molecule has 0 fully saturated rings. The molecule has 0 aromatic heterocycles. The molecule has 3 rings (SSSR count). The average Bonchev–Trinajstić information content (AvgIpc) is 2.80. The van der Waals surface area contributed by atoms with Crippen LogP contribution in [-0.2, 0) is 19.1 Å². The molecule has 0 atom stereocenters. The smallest absolute Gasteiger partial charge is 0.318 e. The zero-order valence-corrected chi connectivity index (χ0v) is 17.5. The Balaban J connectivity index is 1.57. The number of halogens is 1. The van der Waals surface area contributed by atoms with Gasteiger partial charge in [0.1, 0.15) is 11.7 Å². The number of rotatable bonds is 8. The molecular weight excluding hydrogens is 411 g/mol. The molecule has 0 saturated heterocycles. The van der Waals surface area contributed by atoms with E-state index in [1.54, 1.807) is 0 Å². The van der Waals surface area contributed by atoms with Gasteiger partial charge in [-0.25, -0.2) is 4.39 Å². The summed E-state index contributed by atoms with van der Waals surface area (Å²) in [5, 5.41) is 2.57. The second-order valence-electron chi connectivity index (χ2n) is 7.17. The number of ether oxygens (including phenoxy) is 1. The third kappa shape index (κ3) is 6.25. The molecule has 3 aromatic carbocycles. The normalized spacial score (nSPS) is 10.5. The molecule has 32 heavy (non-hydrogen) atoms. The van der Waals surface area contributed by atoms with E-state index >= 15 is 0 Å². The predicted molar refractivity (Wildman–Crippen MR) is 118 cm³/mol. The molecule has 0 spiro atoms. The van der Waals surface area contributed by atoms with Gasteiger partial charge in [-0.3, -0.25) is 14.4 Å². The van der Waals surface area contributed by atoms with Crippen LogP contribution in [0.3, 0.4) is 0 Å². The van der Waals surface area contributed by atoms with E-state index in [4.69, 9.17) is 4.74 Å². The lowest BCUT2D eigenvalue weighted by molar-refractivity contribution is -0.152. The summed E-state index contributed by atoms with van der Waals surface area (Å²) in [4.78, 5) is 38.5. The van der Waals surface area contributed by atoms with Crippen molar-refractivity contribution < 1.29 is 23.5 Å². The maximum Gasteiger partial charge on any atom is 0.318 e. The van der Waals surface area contributed by atoms with Crippen LogP contribution in [0.15, 0.2) is 84.9 Å². The Bertz CT molecular complexity index is 1020. The lowest BCUT2D eigenvalue weighted by Crippen LogP contribution is -2.37. The molecule has 0 aliphatic heterocycles. The number of amides is 2. The number of anilines is 1. The van der Waals surface area contributed by atoms with Gasteiger partial charge in [0.05, 0.1) is 6.54 Å². The third-order valence-corrected chi connectivity index (χ3v) is 4.77. The molecule has 0 saturated carbocycles. The molecular formula is C25H23FN2O4. The summed E-state index contributed by atoms with van der Waals surface area (Å²) in [5.41, 5.74) is 1.92. The van der Waals surface area contributed by atoms with E-state index in [-0.39, 0.29) is 6.54 Å². The van der Waals surface area contributed by atoms with Crippen LogP contribution in [0.5, 0.6) is 0 Å². The zero-order valence-electron chi connectivity index (χ0n) is 17.5. The SMILES string of the molecule is CN(CC(=O)Nc1ccc(F)cc1)C(=O)COC(=O)C(c1ccccc1)c1ccccc1. The van der Waals surface area contributed by atoms with Crippen LogP contribution in [0.4, 0.5) is 10.1 Å². The van der Waals surface area contributed by atoms with Crippen LogP contribution in [0, 0.1) is 5.82 Å². The van der Waals surface area contributed by atoms with Crippen molar-refractivity contribution in [3.8, 4) is 0 Å². The maximum atomic E-state index is 13.0. The van der Waals surface area contributed by atoms with E-state index in [0.717, 1.165) is 16.0 Å². The van der Waals surface area contributed by atoms with Crippen LogP contribution in [0.2, 0.25) is 0 Å². The number of nitrogens with one attached hydrogen (secondary N) is 1. The first-order valence-corrected chi connectivity index (χ1v) is 10.00. The fourth-order valence-corrected chi connectivity index (χ4v) is 3.12. The highest BCUT2D eigenvalue weighted by Crippen LogP contribution is 2.25. The molecule has 0 radical (unpaired) electrons. The monoisotopic (exact) mass is 434 g/mol. The molecule has 0 bridgehead atoms. The number of carbonyl (C=O) groups excluding carboxylic acids is 3. The minimum absolute atomic E-state index is 0.242. The lowest BCUT2D eigenvalue weighted by atomic mass is 9.91. The fourth-order valence-electron chi connectivity index (χ4n) is 3.12. The second-order valence-corrected chi connectivity index (χ2v) is 7.17. The number of hydrogen-bond donors (Lipinski definition) is 1. The number of nitrogens with zero attached hydrogens (tertiary/aromatic N) is 1. The van der Waals surface area contributed by atoms with E-state index in [0.29, 0.717) is 5.69 Å². The fraction of sp³-hybridized carbons (Fsp3) is 0.160. The van der Waals surface area contributed by atoms with Crippen molar-refractivity contribution in [2.45, 2.75) is 5.92 Å². The van der Waals surface area contributed by atoms with Crippen molar-refractivity contribution in [1.82, 2.24) is 4.90 Å². The van der Waals surface area contributed by atoms with Crippen LogP contribution in [0.25, 0.3) is 0 Å². The summed E-state index contributed by atoms with van der Waals surface area (Å²) in [6.07, 6.45) is 0. The summed E-state index contributed by atoms with van der Waals surface area (Å²) in [6.45, 7) is -0.732. The molecule has 0 heterocycles. The number of carbonyl (C=O) groups is 3. The minimum Gasteiger partial charge on any atom is -0.455 e. The van der Waals surface area contributed by atoms with Gasteiger partial charge in [0.2, 0.25) is 5.91 Å². The molecule has 1 N–H and O–H groups in total. The summed E-state index contributed by atoms with van der Waals surface area (Å²) in [7, 11) is 1.44. The van der Waals surface area contributed by atoms with Crippen molar-refractivity contribution in [3.05, 3.63) is 102 Å². The molecule has 164 valence electrons. The molecule has 0 aliphatic carbocycles. The van der Waals surface area contributed by atoms with Gasteiger partial charge in [-0.05, 0) is 35.4 Å². The minimum atomic E-state index is -0.669. The Hall–Kier alpha value is -4.00. The molecule has 6 nitrogen and oxygen atoms in total. The van der Waals surface area contributed by atoms with Crippen molar-refractivity contribution >= 4 is 23.5 Å². The Morgan fingerprint density at radius 2 is 1.41 bits per heavy atom. The Kier molecular flexibility index (Phi) is 7.70. The molecule has 7 heteroatoms. The third-order valence-electron chi connectivity index (χ3n) is 4.77. The number of esters is 1. The highest BCUT2D eigenvalue weighted by Gasteiger charge is 2.25. The Labute approximate surface area is 185 Å². The molecule has 2 amide bonds. The van der Waals surface area contributed by atoms with E-state index in [9.17, 15) is 18.8 Å². The summed E-state index contributed by atoms with van der Waals surface area (Å²) in [6, 6.07) is 23.6. The van der Waals surface area contributed by atoms with E-state index in [1.165, 1.54) is 31.3 Å². The Morgan fingerprint density at radius 1 is 0.875 bits per heavy atom. The molecule has 3 aromatic rings. The second kappa shape index (κ2) is 10.9. The van der Waals surface area contributed by atoms with Gasteiger partial charge in [-0.2, -0.15) is 0 Å². The first kappa shape index (κ1) is 22.7. The number of likely N-dealkylation sites (N-methyl/N-ethyl adjacent to an activating group) is 1. The topological polar surface area (TPSA) is 75.7 Å². The predicted octanol–water partition coefficient (Wildman–Crippen LogP) is 3.60. The lowest BCUT2D eigenvalue weighted by Gasteiger charge is -2.19. The highest BCUT2D eigenvalue weighted by molar-refractivity contribution is 5.95. The van der Waals surface area contributed by atoms with Crippen molar-refractivity contribution in [2.75, 3.05) is 25.5 Å². The van der Waals surface area contributed by atoms with E-state index in [2.05, 4.69) is 5.32 Å². The number of benzene rings is 3. The van der Waals surface area contributed by atoms with Crippen LogP contribution < -0.4 is 5.32 Å². The van der Waals surface area contributed by atoms with Gasteiger partial charge in [-0.15, -0.1) is 0 Å². The van der Waals surface area contributed by atoms with Crippen LogP contribution in [0.1, 0.15) is 17.0 Å². The largest absolute Gasteiger partial charge is 0.455 e. The van der Waals surface area contributed by atoms with Crippen molar-refractivity contribution in [2.24, 2.45) is 0 Å². The Morgan fingerprint density at radius 3 is 1.94 bits per heavy atom. The van der Waals surface area contributed by atoms with Crippen molar-refractivity contribution in [3.63, 3.8) is 0 Å². The molecule has 0 aliphatic rings. The van der Waals surface area contributed by atoms with Gasteiger partial charge in [0.15, 0.2) is 6.61 Å². The average molecular weight is 434 g/mol. The van der Waals surface area contributed by atoms with Gasteiger partial charge in [-0.1, -0.05) is 60.7 Å². The van der Waals surface area contributed by atoms with E-state index < -0.39 is 36.1 Å². The standard InChI is InChI=1S/C25H23FN2O4/c1-28(16-22(29)27-21-14-12-20(26)13-15-21)23(30)17-32-25(31)24(18-8-4-2-5-9-18)19-10-6-3-7-11-19/h2-15,24H,16-17H2,1H3,(H,27,29). The van der Waals surface area contributed by atoms with Gasteiger partial charge < -0.3 is 15.0 Å². The van der Waals surface area contributed by atoms with Gasteiger partial charge in [0.25, 0.3) is 5.91 Å². The van der Waals surface area contributed by atoms with Gasteiger partial charge >= 0.3 is 5.97 Å². The first-order chi connectivity index (χ1) is 15.4. The summed E-state index contributed by atoms with van der Waals surface area (Å²) < 4.78 is 18.3. The first-order valence-electron chi connectivity index (χ1n) is 10.00. The molecule has 0 unspecified atom stereocenters. The summed E-state index contributed by atoms with van der Waals surface area (Å²) in [5.74, 6) is -2.61.